The van der Waals surface area contributed by atoms with E-state index in [9.17, 15) is 12.8 Å². The molecule has 1 aromatic carbocycles. The van der Waals surface area contributed by atoms with Gasteiger partial charge in [-0.1, -0.05) is 0 Å². The highest BCUT2D eigenvalue weighted by Crippen LogP contribution is 2.30. The molecule has 0 amide bonds. The number of sulfonamides is 1. The minimum absolute atomic E-state index is 0.00359. The summed E-state index contributed by atoms with van der Waals surface area (Å²) < 4.78 is 46.1. The van der Waals surface area contributed by atoms with E-state index in [1.165, 1.54) is 30.5 Å². The maximum absolute atomic E-state index is 14.1. The van der Waals surface area contributed by atoms with Crippen LogP contribution in [-0.4, -0.2) is 39.0 Å². The van der Waals surface area contributed by atoms with Crippen molar-refractivity contribution in [3.63, 3.8) is 0 Å². The number of ether oxygens (including phenoxy) is 1. The number of methoxy groups -OCH3 is 1. The summed E-state index contributed by atoms with van der Waals surface area (Å²) in [6, 6.07) is 2.69. The van der Waals surface area contributed by atoms with Gasteiger partial charge in [0.1, 0.15) is 0 Å². The van der Waals surface area contributed by atoms with E-state index in [-0.39, 0.29) is 28.2 Å². The zero-order valence-electron chi connectivity index (χ0n) is 13.2. The molecule has 1 aliphatic rings. The lowest BCUT2D eigenvalue weighted by molar-refractivity contribution is 0.243. The second kappa shape index (κ2) is 6.52. The van der Waals surface area contributed by atoms with Crippen LogP contribution in [0.1, 0.15) is 25.3 Å². The van der Waals surface area contributed by atoms with Crippen molar-refractivity contribution >= 4 is 10.0 Å². The summed E-state index contributed by atoms with van der Waals surface area (Å²) in [6.07, 6.45) is 1.68. The molecule has 0 bridgehead atoms. The van der Waals surface area contributed by atoms with Gasteiger partial charge in [-0.2, -0.15) is 4.31 Å². The van der Waals surface area contributed by atoms with Crippen LogP contribution in [0.4, 0.5) is 4.39 Å². The van der Waals surface area contributed by atoms with E-state index in [1.54, 1.807) is 0 Å². The van der Waals surface area contributed by atoms with Gasteiger partial charge in [-0.25, -0.2) is 12.8 Å². The molecule has 0 saturated carbocycles. The zero-order chi connectivity index (χ0) is 16.5. The minimum atomic E-state index is -3.72. The highest BCUT2D eigenvalue weighted by atomic mass is 32.2. The zero-order valence-corrected chi connectivity index (χ0v) is 14.0. The van der Waals surface area contributed by atoms with Crippen molar-refractivity contribution in [3.05, 3.63) is 23.5 Å². The summed E-state index contributed by atoms with van der Waals surface area (Å²) >= 11 is 0. The largest absolute Gasteiger partial charge is 0.494 e. The Balaban J connectivity index is 2.36. The number of halogens is 1. The average molecular weight is 330 g/mol. The van der Waals surface area contributed by atoms with Crippen molar-refractivity contribution in [1.29, 1.82) is 0 Å². The third-order valence-corrected chi connectivity index (χ3v) is 6.31. The lowest BCUT2D eigenvalue weighted by atomic mass is 9.93. The Morgan fingerprint density at radius 3 is 2.73 bits per heavy atom. The molecule has 7 heteroatoms. The van der Waals surface area contributed by atoms with Crippen LogP contribution < -0.4 is 10.5 Å². The third-order valence-electron chi connectivity index (χ3n) is 4.30. The SMILES string of the molecule is COc1ccc(S(=O)(=O)N2CCCC(C(C)N)C2)c(C)c1F. The van der Waals surface area contributed by atoms with Crippen LogP contribution in [0, 0.1) is 18.7 Å². The molecule has 2 rings (SSSR count). The Hall–Kier alpha value is -1.18. The summed E-state index contributed by atoms with van der Waals surface area (Å²) in [5.74, 6) is -0.459. The molecular weight excluding hydrogens is 307 g/mol. The number of nitrogens with zero attached hydrogens (tertiary/aromatic N) is 1. The molecule has 22 heavy (non-hydrogen) atoms. The average Bonchev–Trinajstić information content (AvgIpc) is 2.49. The van der Waals surface area contributed by atoms with Gasteiger partial charge in [-0.3, -0.25) is 0 Å². The van der Waals surface area contributed by atoms with Crippen LogP contribution in [0.2, 0.25) is 0 Å². The number of hydrogen-bond acceptors (Lipinski definition) is 4. The molecule has 2 atom stereocenters. The lowest BCUT2D eigenvalue weighted by Crippen LogP contribution is -2.45. The van der Waals surface area contributed by atoms with E-state index < -0.39 is 15.8 Å². The molecule has 124 valence electrons. The third kappa shape index (κ3) is 3.11. The number of nitrogens with two attached hydrogens (primary N) is 1. The monoisotopic (exact) mass is 330 g/mol. The molecule has 5 nitrogen and oxygen atoms in total. The number of rotatable bonds is 4. The maximum atomic E-state index is 14.1. The summed E-state index contributed by atoms with van der Waals surface area (Å²) in [7, 11) is -2.37. The molecule has 1 fully saturated rings. The van der Waals surface area contributed by atoms with Gasteiger partial charge in [-0.05, 0) is 44.7 Å². The molecule has 2 N–H and O–H groups in total. The predicted molar refractivity (Wildman–Crippen MR) is 82.8 cm³/mol. The summed E-state index contributed by atoms with van der Waals surface area (Å²) in [6.45, 7) is 4.17. The molecule has 1 aliphatic heterocycles. The number of hydrogen-bond donors (Lipinski definition) is 1. The summed E-state index contributed by atoms with van der Waals surface area (Å²) in [5.41, 5.74) is 5.99. The van der Waals surface area contributed by atoms with Crippen LogP contribution in [0.5, 0.6) is 5.75 Å². The van der Waals surface area contributed by atoms with Crippen molar-refractivity contribution < 1.29 is 17.5 Å². The van der Waals surface area contributed by atoms with E-state index in [4.69, 9.17) is 10.5 Å². The van der Waals surface area contributed by atoms with Crippen LogP contribution in [0.15, 0.2) is 17.0 Å². The van der Waals surface area contributed by atoms with Crippen molar-refractivity contribution in [1.82, 2.24) is 4.31 Å². The van der Waals surface area contributed by atoms with Crippen LogP contribution in [-0.2, 0) is 10.0 Å². The van der Waals surface area contributed by atoms with Crippen LogP contribution >= 0.6 is 0 Å². The fourth-order valence-electron chi connectivity index (χ4n) is 2.84. The van der Waals surface area contributed by atoms with Crippen LogP contribution in [0.3, 0.4) is 0 Å². The molecule has 1 saturated heterocycles. The van der Waals surface area contributed by atoms with E-state index in [2.05, 4.69) is 0 Å². The van der Waals surface area contributed by atoms with E-state index >= 15 is 0 Å². The molecule has 0 radical (unpaired) electrons. The maximum Gasteiger partial charge on any atom is 0.243 e. The van der Waals surface area contributed by atoms with Crippen LogP contribution in [0.25, 0.3) is 0 Å². The second-order valence-corrected chi connectivity index (χ2v) is 7.74. The Kier molecular flexibility index (Phi) is 5.09. The van der Waals surface area contributed by atoms with Crippen molar-refractivity contribution in [2.45, 2.75) is 37.6 Å². The quantitative estimate of drug-likeness (QED) is 0.915. The number of piperidine rings is 1. The first-order chi connectivity index (χ1) is 10.3. The molecule has 1 heterocycles. The highest BCUT2D eigenvalue weighted by molar-refractivity contribution is 7.89. The summed E-state index contributed by atoms with van der Waals surface area (Å²) in [5, 5.41) is 0. The first-order valence-corrected chi connectivity index (χ1v) is 8.82. The smallest absolute Gasteiger partial charge is 0.243 e. The van der Waals surface area contributed by atoms with Gasteiger partial charge in [0.2, 0.25) is 10.0 Å². The fourth-order valence-corrected chi connectivity index (χ4v) is 4.59. The molecular formula is C15H23FN2O3S. The standard InChI is InChI=1S/C15H23FN2O3S/c1-10-14(7-6-13(21-3)15(10)16)22(19,20)18-8-4-5-12(9-18)11(2)17/h6-7,11-12H,4-5,8-9,17H2,1-3H3. The van der Waals surface area contributed by atoms with Gasteiger partial charge >= 0.3 is 0 Å². The first kappa shape index (κ1) is 17.2. The summed E-state index contributed by atoms with van der Waals surface area (Å²) in [4.78, 5) is -0.00359. The topological polar surface area (TPSA) is 72.6 Å². The fraction of sp³-hybridized carbons (Fsp3) is 0.600. The molecule has 1 aromatic rings. The molecule has 0 aromatic heterocycles. The minimum Gasteiger partial charge on any atom is -0.494 e. The molecule has 0 aliphatic carbocycles. The Bertz CT molecular complexity index is 646. The van der Waals surface area contributed by atoms with Gasteiger partial charge in [-0.15, -0.1) is 0 Å². The van der Waals surface area contributed by atoms with Crippen molar-refractivity contribution in [3.8, 4) is 5.75 Å². The van der Waals surface area contributed by atoms with Gasteiger partial charge < -0.3 is 10.5 Å². The van der Waals surface area contributed by atoms with Crippen molar-refractivity contribution in [2.75, 3.05) is 20.2 Å². The Morgan fingerprint density at radius 2 is 2.14 bits per heavy atom. The Morgan fingerprint density at radius 1 is 1.45 bits per heavy atom. The first-order valence-electron chi connectivity index (χ1n) is 7.38. The molecule has 0 spiro atoms. The second-order valence-electron chi connectivity index (χ2n) is 5.83. The number of benzene rings is 1. The van der Waals surface area contributed by atoms with E-state index in [0.29, 0.717) is 13.1 Å². The normalized spacial score (nSPS) is 21.6. The van der Waals surface area contributed by atoms with E-state index in [1.807, 2.05) is 6.92 Å². The van der Waals surface area contributed by atoms with E-state index in [0.717, 1.165) is 12.8 Å². The highest BCUT2D eigenvalue weighted by Gasteiger charge is 2.33. The molecule has 2 unspecified atom stereocenters. The van der Waals surface area contributed by atoms with Gasteiger partial charge in [0.05, 0.1) is 12.0 Å². The van der Waals surface area contributed by atoms with Gasteiger partial charge in [0, 0.05) is 24.7 Å². The predicted octanol–water partition coefficient (Wildman–Crippen LogP) is 1.89. The van der Waals surface area contributed by atoms with Crippen molar-refractivity contribution in [2.24, 2.45) is 11.7 Å². The van der Waals surface area contributed by atoms with Gasteiger partial charge in [0.25, 0.3) is 0 Å². The Labute approximate surface area is 131 Å². The lowest BCUT2D eigenvalue weighted by Gasteiger charge is -2.34. The van der Waals surface area contributed by atoms with Gasteiger partial charge in [0.15, 0.2) is 11.6 Å².